The molecule has 2 atom stereocenters. The lowest BCUT2D eigenvalue weighted by molar-refractivity contribution is 0.0919. The summed E-state index contributed by atoms with van der Waals surface area (Å²) >= 11 is 0. The summed E-state index contributed by atoms with van der Waals surface area (Å²) in [5.74, 6) is 1.69. The molecule has 0 aromatic carbocycles. The number of pyridine rings is 2. The first-order chi connectivity index (χ1) is 16.2. The number of aromatic amines is 1. The van der Waals surface area contributed by atoms with Crippen molar-refractivity contribution < 1.29 is 27.4 Å². The summed E-state index contributed by atoms with van der Waals surface area (Å²) in [6.07, 6.45) is 2.23. The standard InChI is InChI=1S/C23H26N4O6S/c1-14-12-31-23(25-14)19-7-6-18(26-19)20-9-17(32-15(2)13-30-3)10-21(27-20)33-16-5-8-22(24-11-16)34(4,28)29/h5-11,14-15,26H,12-13H2,1-4H3. The molecule has 1 aliphatic heterocycles. The molecule has 0 aliphatic carbocycles. The van der Waals surface area contributed by atoms with E-state index >= 15 is 0 Å². The van der Waals surface area contributed by atoms with Crippen LogP contribution >= 0.6 is 0 Å². The minimum Gasteiger partial charge on any atom is -0.488 e. The molecule has 1 aliphatic rings. The average Bonchev–Trinajstić information content (AvgIpc) is 3.43. The Morgan fingerprint density at radius 3 is 2.62 bits per heavy atom. The molecule has 11 heteroatoms. The normalized spacial score (nSPS) is 16.6. The maximum absolute atomic E-state index is 11.7. The Labute approximate surface area is 197 Å². The van der Waals surface area contributed by atoms with Gasteiger partial charge in [0.1, 0.15) is 29.9 Å². The van der Waals surface area contributed by atoms with Crippen LogP contribution in [-0.4, -0.2) is 68.0 Å². The van der Waals surface area contributed by atoms with Crippen LogP contribution in [0.15, 0.2) is 52.6 Å². The Balaban J connectivity index is 1.64. The Bertz CT molecular complexity index is 1290. The van der Waals surface area contributed by atoms with Gasteiger partial charge in [0, 0.05) is 25.5 Å². The molecule has 3 aromatic rings. The largest absolute Gasteiger partial charge is 0.488 e. The second-order valence-corrected chi connectivity index (χ2v) is 9.96. The van der Waals surface area contributed by atoms with Gasteiger partial charge in [0.2, 0.25) is 11.8 Å². The van der Waals surface area contributed by atoms with Crippen LogP contribution in [0, 0.1) is 0 Å². The monoisotopic (exact) mass is 486 g/mol. The van der Waals surface area contributed by atoms with E-state index in [0.717, 1.165) is 17.6 Å². The summed E-state index contributed by atoms with van der Waals surface area (Å²) in [4.78, 5) is 16.3. The first-order valence-electron chi connectivity index (χ1n) is 10.6. The lowest BCUT2D eigenvalue weighted by atomic mass is 10.2. The van der Waals surface area contributed by atoms with Gasteiger partial charge in [-0.05, 0) is 38.1 Å². The predicted molar refractivity (Wildman–Crippen MR) is 125 cm³/mol. The molecule has 0 bridgehead atoms. The fourth-order valence-corrected chi connectivity index (χ4v) is 3.86. The van der Waals surface area contributed by atoms with Gasteiger partial charge in [-0.1, -0.05) is 0 Å². The second-order valence-electron chi connectivity index (χ2n) is 8.00. The minimum absolute atomic E-state index is 0.0377. The van der Waals surface area contributed by atoms with Crippen LogP contribution in [0.25, 0.3) is 11.4 Å². The molecule has 0 radical (unpaired) electrons. The van der Waals surface area contributed by atoms with E-state index in [-0.39, 0.29) is 23.1 Å². The smallest absolute Gasteiger partial charge is 0.233 e. The third-order valence-corrected chi connectivity index (χ3v) is 5.82. The van der Waals surface area contributed by atoms with Crippen LogP contribution in [0.3, 0.4) is 0 Å². The topological polar surface area (TPSA) is 125 Å². The zero-order valence-electron chi connectivity index (χ0n) is 19.3. The van der Waals surface area contributed by atoms with Crippen molar-refractivity contribution in [2.24, 2.45) is 4.99 Å². The Hall–Kier alpha value is -3.44. The molecule has 0 spiro atoms. The quantitative estimate of drug-likeness (QED) is 0.489. The molecular formula is C23H26N4O6S. The molecule has 10 nitrogen and oxygen atoms in total. The van der Waals surface area contributed by atoms with E-state index in [2.05, 4.69) is 19.9 Å². The first kappa shape index (κ1) is 23.7. The van der Waals surface area contributed by atoms with Crippen LogP contribution in [0.1, 0.15) is 19.5 Å². The van der Waals surface area contributed by atoms with Crippen LogP contribution in [0.4, 0.5) is 0 Å². The number of methoxy groups -OCH3 is 1. The zero-order chi connectivity index (χ0) is 24.3. The molecule has 4 heterocycles. The third kappa shape index (κ3) is 5.72. The van der Waals surface area contributed by atoms with Gasteiger partial charge in [0.25, 0.3) is 0 Å². The number of hydrogen-bond acceptors (Lipinski definition) is 9. The lowest BCUT2D eigenvalue weighted by Gasteiger charge is -2.15. The number of ether oxygens (including phenoxy) is 4. The van der Waals surface area contributed by atoms with Crippen molar-refractivity contribution in [2.45, 2.75) is 31.0 Å². The van der Waals surface area contributed by atoms with Gasteiger partial charge in [-0.2, -0.15) is 0 Å². The highest BCUT2D eigenvalue weighted by atomic mass is 32.2. The van der Waals surface area contributed by atoms with Gasteiger partial charge in [-0.3, -0.25) is 0 Å². The molecule has 0 fully saturated rings. The molecule has 1 N–H and O–H groups in total. The average molecular weight is 487 g/mol. The van der Waals surface area contributed by atoms with Crippen molar-refractivity contribution in [2.75, 3.05) is 26.6 Å². The van der Waals surface area contributed by atoms with E-state index in [0.29, 0.717) is 36.3 Å². The number of H-pyrrole nitrogens is 1. The van der Waals surface area contributed by atoms with Crippen LogP contribution < -0.4 is 9.47 Å². The number of nitrogens with zero attached hydrogens (tertiary/aromatic N) is 3. The van der Waals surface area contributed by atoms with E-state index in [1.54, 1.807) is 19.2 Å². The molecule has 3 aromatic heterocycles. The number of rotatable bonds is 9. The zero-order valence-corrected chi connectivity index (χ0v) is 20.1. The number of sulfone groups is 1. The maximum atomic E-state index is 11.7. The molecule has 0 saturated heterocycles. The van der Waals surface area contributed by atoms with Gasteiger partial charge in [-0.25, -0.2) is 23.4 Å². The predicted octanol–water partition coefficient (Wildman–Crippen LogP) is 3.25. The molecule has 34 heavy (non-hydrogen) atoms. The van der Waals surface area contributed by atoms with E-state index in [4.69, 9.17) is 18.9 Å². The van der Waals surface area contributed by atoms with Gasteiger partial charge in [0.15, 0.2) is 14.9 Å². The summed E-state index contributed by atoms with van der Waals surface area (Å²) in [6, 6.07) is 10.2. The second kappa shape index (κ2) is 9.82. The van der Waals surface area contributed by atoms with Crippen molar-refractivity contribution in [3.8, 4) is 28.8 Å². The molecule has 4 rings (SSSR count). The summed E-state index contributed by atoms with van der Waals surface area (Å²) in [6.45, 7) is 4.84. The highest BCUT2D eigenvalue weighted by Crippen LogP contribution is 2.30. The SMILES string of the molecule is COCC(C)Oc1cc(Oc2ccc(S(C)(=O)=O)nc2)nc(-c2ccc(C3=NC(C)CO3)[nH]2)c1. The van der Waals surface area contributed by atoms with Crippen LogP contribution in [-0.2, 0) is 19.3 Å². The summed E-state index contributed by atoms with van der Waals surface area (Å²) in [5.41, 5.74) is 2.06. The number of aromatic nitrogens is 3. The van der Waals surface area contributed by atoms with E-state index in [1.165, 1.54) is 18.3 Å². The number of nitrogens with one attached hydrogen (secondary N) is 1. The Morgan fingerprint density at radius 2 is 1.97 bits per heavy atom. The molecule has 180 valence electrons. The fourth-order valence-electron chi connectivity index (χ4n) is 3.30. The van der Waals surface area contributed by atoms with Crippen LogP contribution in [0.5, 0.6) is 17.4 Å². The Kier molecular flexibility index (Phi) is 6.85. The van der Waals surface area contributed by atoms with Crippen molar-refractivity contribution in [1.82, 2.24) is 15.0 Å². The minimum atomic E-state index is -3.41. The molecule has 0 saturated carbocycles. The van der Waals surface area contributed by atoms with Crippen LogP contribution in [0.2, 0.25) is 0 Å². The highest BCUT2D eigenvalue weighted by Gasteiger charge is 2.19. The molecule has 2 unspecified atom stereocenters. The van der Waals surface area contributed by atoms with Gasteiger partial charge < -0.3 is 23.9 Å². The number of hydrogen-bond donors (Lipinski definition) is 1. The third-order valence-electron chi connectivity index (χ3n) is 4.82. The molecule has 0 amide bonds. The summed E-state index contributed by atoms with van der Waals surface area (Å²) in [5, 5.41) is -0.0377. The van der Waals surface area contributed by atoms with Gasteiger partial charge in [-0.15, -0.1) is 0 Å². The van der Waals surface area contributed by atoms with Crippen molar-refractivity contribution in [3.05, 3.63) is 48.3 Å². The first-order valence-corrected chi connectivity index (χ1v) is 12.5. The lowest BCUT2D eigenvalue weighted by Crippen LogP contribution is -2.18. The van der Waals surface area contributed by atoms with Crippen molar-refractivity contribution >= 4 is 15.7 Å². The van der Waals surface area contributed by atoms with E-state index < -0.39 is 9.84 Å². The van der Waals surface area contributed by atoms with E-state index in [1.807, 2.05) is 26.0 Å². The van der Waals surface area contributed by atoms with E-state index in [9.17, 15) is 8.42 Å². The summed E-state index contributed by atoms with van der Waals surface area (Å²) in [7, 11) is -1.80. The molecular weight excluding hydrogens is 460 g/mol. The van der Waals surface area contributed by atoms with Crippen molar-refractivity contribution in [1.29, 1.82) is 0 Å². The van der Waals surface area contributed by atoms with Gasteiger partial charge >= 0.3 is 0 Å². The maximum Gasteiger partial charge on any atom is 0.233 e. The highest BCUT2D eigenvalue weighted by molar-refractivity contribution is 7.90. The fraction of sp³-hybridized carbons (Fsp3) is 0.348. The Morgan fingerprint density at radius 1 is 1.18 bits per heavy atom. The van der Waals surface area contributed by atoms with Crippen molar-refractivity contribution in [3.63, 3.8) is 0 Å². The van der Waals surface area contributed by atoms with Gasteiger partial charge in [0.05, 0.1) is 30.2 Å². The number of aliphatic imine (C=N–C) groups is 1. The summed E-state index contributed by atoms with van der Waals surface area (Å²) < 4.78 is 45.9.